The van der Waals surface area contributed by atoms with Crippen molar-refractivity contribution in [2.24, 2.45) is 51.8 Å². The SMILES string of the molecule is CC(C)C1=C[C@@]23CC[C@@H]4[C@](C)(CCC[C@]4(C)C(=O)N4CCCC4)[C@H]2C[C@@H]1[C@H]1C(=O)CCC(=O)[C@H]13. The van der Waals surface area contributed by atoms with Crippen molar-refractivity contribution in [3.8, 4) is 0 Å². The first kappa shape index (κ1) is 23.0. The Bertz CT molecular complexity index is 960. The van der Waals surface area contributed by atoms with Gasteiger partial charge in [0.1, 0.15) is 11.6 Å². The molecule has 6 aliphatic carbocycles. The van der Waals surface area contributed by atoms with Crippen molar-refractivity contribution < 1.29 is 14.4 Å². The van der Waals surface area contributed by atoms with E-state index in [1.807, 2.05) is 0 Å². The summed E-state index contributed by atoms with van der Waals surface area (Å²) in [5, 5.41) is 0. The summed E-state index contributed by atoms with van der Waals surface area (Å²) in [6.45, 7) is 11.1. The van der Waals surface area contributed by atoms with Crippen LogP contribution in [0, 0.1) is 51.8 Å². The molecule has 0 aromatic rings. The number of fused-ring (bicyclic) bond motifs is 1. The summed E-state index contributed by atoms with van der Waals surface area (Å²) >= 11 is 0. The Morgan fingerprint density at radius 1 is 0.971 bits per heavy atom. The van der Waals surface area contributed by atoms with E-state index in [-0.39, 0.29) is 34.0 Å². The van der Waals surface area contributed by atoms with Crippen molar-refractivity contribution in [1.82, 2.24) is 4.90 Å². The van der Waals surface area contributed by atoms with Crippen LogP contribution in [0.25, 0.3) is 0 Å². The minimum atomic E-state index is -0.286. The maximum atomic E-state index is 13.9. The molecule has 7 aliphatic rings. The topological polar surface area (TPSA) is 54.5 Å². The second kappa shape index (κ2) is 7.53. The lowest BCUT2D eigenvalue weighted by Crippen LogP contribution is -2.67. The Balaban J connectivity index is 1.44. The molecule has 7 rings (SSSR count). The van der Waals surface area contributed by atoms with Crippen LogP contribution in [0.15, 0.2) is 11.6 Å². The largest absolute Gasteiger partial charge is 0.342 e. The van der Waals surface area contributed by atoms with E-state index in [1.165, 1.54) is 5.57 Å². The summed E-state index contributed by atoms with van der Waals surface area (Å²) in [6.07, 6.45) is 12.0. The maximum absolute atomic E-state index is 13.9. The van der Waals surface area contributed by atoms with Crippen molar-refractivity contribution in [2.75, 3.05) is 13.1 Å². The van der Waals surface area contributed by atoms with Crippen LogP contribution in [-0.2, 0) is 14.4 Å². The molecule has 0 radical (unpaired) electrons. The Kier molecular flexibility index (Phi) is 5.09. The maximum Gasteiger partial charge on any atom is 0.228 e. The molecule has 0 unspecified atom stereocenters. The fourth-order valence-corrected chi connectivity index (χ4v) is 10.6. The van der Waals surface area contributed by atoms with E-state index in [9.17, 15) is 14.4 Å². The number of hydrogen-bond acceptors (Lipinski definition) is 3. The van der Waals surface area contributed by atoms with Crippen LogP contribution in [0.3, 0.4) is 0 Å². The molecule has 1 heterocycles. The van der Waals surface area contributed by atoms with Gasteiger partial charge in [-0.05, 0) is 74.0 Å². The summed E-state index contributed by atoms with van der Waals surface area (Å²) in [4.78, 5) is 42.9. The van der Waals surface area contributed by atoms with Crippen molar-refractivity contribution >= 4 is 17.5 Å². The standard InChI is InChI=1S/C30H43NO3/c1-18(2)20-17-30-13-10-23-28(3,11-7-12-29(23,4)27(34)31-14-5-6-15-31)24(30)16-19(20)25-21(32)8-9-22(33)26(25)30/h17-19,23-26H,5-16H2,1-4H3/t19-,23+,24+,25-,26+,28-,29-,30-/m0/s1. The summed E-state index contributed by atoms with van der Waals surface area (Å²) in [6, 6.07) is 0. The molecule has 34 heavy (non-hydrogen) atoms. The van der Waals surface area contributed by atoms with Gasteiger partial charge in [0.15, 0.2) is 0 Å². The fraction of sp³-hybridized carbons (Fsp3) is 0.833. The van der Waals surface area contributed by atoms with Crippen molar-refractivity contribution in [1.29, 1.82) is 0 Å². The molecule has 1 aliphatic heterocycles. The first-order valence-electron chi connectivity index (χ1n) is 14.2. The number of amides is 1. The third-order valence-electron chi connectivity index (χ3n) is 11.9. The monoisotopic (exact) mass is 465 g/mol. The molecule has 1 amide bonds. The first-order chi connectivity index (χ1) is 16.1. The Hall–Kier alpha value is -1.45. The molecule has 2 bridgehead atoms. The van der Waals surface area contributed by atoms with E-state index in [1.54, 1.807) is 0 Å². The van der Waals surface area contributed by atoms with Gasteiger partial charge >= 0.3 is 0 Å². The summed E-state index contributed by atoms with van der Waals surface area (Å²) in [5.74, 6) is 2.35. The molecule has 1 saturated heterocycles. The number of rotatable bonds is 2. The number of hydrogen-bond donors (Lipinski definition) is 0. The molecule has 0 N–H and O–H groups in total. The second-order valence-corrected chi connectivity index (χ2v) is 13.6. The number of nitrogens with zero attached hydrogens (tertiary/aromatic N) is 1. The highest BCUT2D eigenvalue weighted by atomic mass is 16.2. The van der Waals surface area contributed by atoms with Crippen LogP contribution >= 0.6 is 0 Å². The Labute approximate surface area is 205 Å². The first-order valence-corrected chi connectivity index (χ1v) is 14.2. The van der Waals surface area contributed by atoms with Gasteiger partial charge in [-0.2, -0.15) is 0 Å². The van der Waals surface area contributed by atoms with Crippen LogP contribution in [0.4, 0.5) is 0 Å². The van der Waals surface area contributed by atoms with E-state index in [0.717, 1.165) is 64.5 Å². The number of ketones is 2. The summed E-state index contributed by atoms with van der Waals surface area (Å²) in [7, 11) is 0. The molecule has 5 fully saturated rings. The molecule has 0 aromatic carbocycles. The molecular formula is C30H43NO3. The second-order valence-electron chi connectivity index (χ2n) is 13.6. The highest BCUT2D eigenvalue weighted by molar-refractivity contribution is 5.98. The average Bonchev–Trinajstić information content (AvgIpc) is 3.34. The van der Waals surface area contributed by atoms with Crippen LogP contribution < -0.4 is 0 Å². The van der Waals surface area contributed by atoms with Gasteiger partial charge in [0, 0.05) is 48.6 Å². The zero-order chi connectivity index (χ0) is 24.0. The highest BCUT2D eigenvalue weighted by Gasteiger charge is 2.70. The Morgan fingerprint density at radius 2 is 1.68 bits per heavy atom. The van der Waals surface area contributed by atoms with E-state index in [2.05, 4.69) is 38.7 Å². The van der Waals surface area contributed by atoms with Gasteiger partial charge in [-0.3, -0.25) is 14.4 Å². The fourth-order valence-electron chi connectivity index (χ4n) is 10.6. The van der Waals surface area contributed by atoms with Crippen molar-refractivity contribution in [2.45, 2.75) is 91.9 Å². The number of likely N-dealkylation sites (tertiary alicyclic amines) is 1. The van der Waals surface area contributed by atoms with E-state index in [4.69, 9.17) is 0 Å². The van der Waals surface area contributed by atoms with Crippen LogP contribution in [-0.4, -0.2) is 35.5 Å². The van der Waals surface area contributed by atoms with Crippen molar-refractivity contribution in [3.05, 3.63) is 11.6 Å². The van der Waals surface area contributed by atoms with E-state index in [0.29, 0.717) is 48.1 Å². The van der Waals surface area contributed by atoms with Gasteiger partial charge < -0.3 is 4.90 Å². The molecule has 4 heteroatoms. The predicted octanol–water partition coefficient (Wildman–Crippen LogP) is 5.60. The highest BCUT2D eigenvalue weighted by Crippen LogP contribution is 2.74. The van der Waals surface area contributed by atoms with Crippen LogP contribution in [0.1, 0.15) is 91.9 Å². The lowest BCUT2D eigenvalue weighted by molar-refractivity contribution is -0.197. The van der Waals surface area contributed by atoms with Gasteiger partial charge in [-0.15, -0.1) is 0 Å². The minimum absolute atomic E-state index is 0.0592. The summed E-state index contributed by atoms with van der Waals surface area (Å²) in [5.41, 5.74) is 1.05. The number of allylic oxidation sites excluding steroid dienone is 2. The number of Topliss-reactive ketones (excluding diaryl/α,β-unsaturated/α-hetero) is 2. The molecular weight excluding hydrogens is 422 g/mol. The molecule has 186 valence electrons. The number of carbonyl (C=O) groups is 3. The predicted molar refractivity (Wildman–Crippen MR) is 132 cm³/mol. The Morgan fingerprint density at radius 3 is 2.38 bits per heavy atom. The van der Waals surface area contributed by atoms with Gasteiger partial charge in [-0.1, -0.05) is 45.8 Å². The minimum Gasteiger partial charge on any atom is -0.342 e. The summed E-state index contributed by atoms with van der Waals surface area (Å²) < 4.78 is 0. The number of carbonyl (C=O) groups excluding carboxylic acids is 3. The zero-order valence-corrected chi connectivity index (χ0v) is 21.7. The quantitative estimate of drug-likeness (QED) is 0.499. The lowest BCUT2D eigenvalue weighted by Gasteiger charge is -2.70. The van der Waals surface area contributed by atoms with Crippen LogP contribution in [0.5, 0.6) is 0 Å². The normalized spacial score (nSPS) is 47.9. The smallest absolute Gasteiger partial charge is 0.228 e. The van der Waals surface area contributed by atoms with Gasteiger partial charge in [-0.25, -0.2) is 0 Å². The lowest BCUT2D eigenvalue weighted by atomic mass is 9.33. The van der Waals surface area contributed by atoms with Gasteiger partial charge in [0.2, 0.25) is 5.91 Å². The third kappa shape index (κ3) is 2.80. The van der Waals surface area contributed by atoms with E-state index >= 15 is 0 Å². The molecule has 8 atom stereocenters. The van der Waals surface area contributed by atoms with Crippen LogP contribution in [0.2, 0.25) is 0 Å². The zero-order valence-electron chi connectivity index (χ0n) is 21.7. The molecule has 0 aromatic heterocycles. The van der Waals surface area contributed by atoms with Gasteiger partial charge in [0.05, 0.1) is 0 Å². The molecule has 4 saturated carbocycles. The van der Waals surface area contributed by atoms with E-state index < -0.39 is 0 Å². The molecule has 1 spiro atoms. The average molecular weight is 466 g/mol. The van der Waals surface area contributed by atoms with Crippen molar-refractivity contribution in [3.63, 3.8) is 0 Å². The van der Waals surface area contributed by atoms with Gasteiger partial charge in [0.25, 0.3) is 0 Å². The molecule has 4 nitrogen and oxygen atoms in total. The third-order valence-corrected chi connectivity index (χ3v) is 11.9.